The van der Waals surface area contributed by atoms with E-state index >= 15 is 0 Å². The number of carbonyl (C=O) groups excluding carboxylic acids is 1. The summed E-state index contributed by atoms with van der Waals surface area (Å²) in [4.78, 5) is 14.0. The van der Waals surface area contributed by atoms with Crippen LogP contribution in [0.25, 0.3) is 0 Å². The Morgan fingerprint density at radius 2 is 2.36 bits per heavy atom. The first-order chi connectivity index (χ1) is 10.3. The number of hydrogen-bond donors (Lipinski definition) is 1. The molecule has 1 fully saturated rings. The van der Waals surface area contributed by atoms with Crippen molar-refractivity contribution in [3.8, 4) is 0 Å². The maximum absolute atomic E-state index is 12.2. The van der Waals surface area contributed by atoms with E-state index in [1.54, 1.807) is 0 Å². The van der Waals surface area contributed by atoms with Crippen LogP contribution < -0.4 is 5.32 Å². The lowest BCUT2D eigenvalue weighted by atomic mass is 9.92. The van der Waals surface area contributed by atoms with Gasteiger partial charge in [-0.2, -0.15) is 0 Å². The van der Waals surface area contributed by atoms with E-state index in [2.05, 4.69) is 21.8 Å². The van der Waals surface area contributed by atoms with Gasteiger partial charge in [0, 0.05) is 31.1 Å². The molecular weight excluding hydrogens is 300 g/mol. The van der Waals surface area contributed by atoms with Crippen molar-refractivity contribution in [3.05, 3.63) is 11.1 Å². The molecule has 1 aromatic rings. The van der Waals surface area contributed by atoms with E-state index in [0.29, 0.717) is 12.0 Å². The summed E-state index contributed by atoms with van der Waals surface area (Å²) in [5, 5.41) is 9.48. The average Bonchev–Trinajstić information content (AvgIpc) is 2.96. The minimum atomic E-state index is -0.439. The van der Waals surface area contributed by atoms with Gasteiger partial charge in [0.25, 0.3) is 0 Å². The van der Waals surface area contributed by atoms with Crippen LogP contribution in [0.2, 0.25) is 0 Å². The van der Waals surface area contributed by atoms with Crippen LogP contribution in [0.3, 0.4) is 0 Å². The van der Waals surface area contributed by atoms with E-state index in [9.17, 15) is 4.79 Å². The molecule has 0 radical (unpaired) electrons. The van der Waals surface area contributed by atoms with E-state index in [1.807, 2.05) is 31.1 Å². The Kier molecular flexibility index (Phi) is 5.74. The summed E-state index contributed by atoms with van der Waals surface area (Å²) in [5.74, 6) is 0.438. The number of rotatable bonds is 4. The number of amides is 1. The summed E-state index contributed by atoms with van der Waals surface area (Å²) in [6, 6.07) is 0.326. The Morgan fingerprint density at radius 3 is 3.00 bits per heavy atom. The molecule has 0 spiro atoms. The predicted octanol–water partition coefficient (Wildman–Crippen LogP) is 2.66. The number of aromatic nitrogens is 2. The molecule has 1 aliphatic heterocycles. The second-order valence-electron chi connectivity index (χ2n) is 6.89. The van der Waals surface area contributed by atoms with Gasteiger partial charge in [-0.25, -0.2) is 4.79 Å². The van der Waals surface area contributed by atoms with Gasteiger partial charge in [-0.15, -0.1) is 5.10 Å². The van der Waals surface area contributed by atoms with Gasteiger partial charge in [-0.3, -0.25) is 0 Å². The van der Waals surface area contributed by atoms with Crippen LogP contribution in [0.4, 0.5) is 4.79 Å². The van der Waals surface area contributed by atoms with Crippen LogP contribution in [0.15, 0.2) is 5.38 Å². The van der Waals surface area contributed by atoms with E-state index in [1.165, 1.54) is 11.5 Å². The number of piperidine rings is 1. The molecule has 1 saturated heterocycles. The van der Waals surface area contributed by atoms with Gasteiger partial charge in [-0.05, 0) is 58.0 Å². The fraction of sp³-hybridized carbons (Fsp3) is 0.800. The monoisotopic (exact) mass is 326 g/mol. The fourth-order valence-electron chi connectivity index (χ4n) is 2.60. The lowest BCUT2D eigenvalue weighted by Crippen LogP contribution is -2.47. The minimum absolute atomic E-state index is 0.201. The summed E-state index contributed by atoms with van der Waals surface area (Å²) in [5.41, 5.74) is 0.530. The van der Waals surface area contributed by atoms with E-state index in [4.69, 9.17) is 4.74 Å². The van der Waals surface area contributed by atoms with Crippen molar-refractivity contribution in [2.45, 2.75) is 58.7 Å². The van der Waals surface area contributed by atoms with Crippen LogP contribution in [-0.2, 0) is 11.3 Å². The molecule has 7 heteroatoms. The van der Waals surface area contributed by atoms with Crippen LogP contribution in [0.5, 0.6) is 0 Å². The molecule has 22 heavy (non-hydrogen) atoms. The van der Waals surface area contributed by atoms with Crippen LogP contribution in [-0.4, -0.2) is 45.3 Å². The van der Waals surface area contributed by atoms with Gasteiger partial charge >= 0.3 is 6.09 Å². The van der Waals surface area contributed by atoms with Gasteiger partial charge in [0.05, 0.1) is 5.69 Å². The maximum atomic E-state index is 12.2. The lowest BCUT2D eigenvalue weighted by Gasteiger charge is -2.36. The lowest BCUT2D eigenvalue weighted by molar-refractivity contribution is 0.0148. The highest BCUT2D eigenvalue weighted by molar-refractivity contribution is 7.03. The first kappa shape index (κ1) is 17.1. The summed E-state index contributed by atoms with van der Waals surface area (Å²) >= 11 is 1.37. The highest BCUT2D eigenvalue weighted by atomic mass is 32.1. The second-order valence-corrected chi connectivity index (χ2v) is 7.50. The van der Waals surface area contributed by atoms with E-state index in [-0.39, 0.29) is 6.09 Å². The summed E-state index contributed by atoms with van der Waals surface area (Å²) < 4.78 is 9.34. The van der Waals surface area contributed by atoms with Crippen molar-refractivity contribution in [2.24, 2.45) is 5.92 Å². The highest BCUT2D eigenvalue weighted by Gasteiger charge is 2.29. The topological polar surface area (TPSA) is 67.4 Å². The Morgan fingerprint density at radius 1 is 1.59 bits per heavy atom. The largest absolute Gasteiger partial charge is 0.444 e. The number of nitrogens with one attached hydrogen (secondary N) is 1. The SMILES string of the molecule is CC(NCc1csnn1)C1CCCN(C(=O)OC(C)(C)C)C1. The van der Waals surface area contributed by atoms with Crippen molar-refractivity contribution in [1.29, 1.82) is 0 Å². The third-order valence-corrected chi connectivity index (χ3v) is 4.38. The number of ether oxygens (including phenoxy) is 1. The molecular formula is C15H26N4O2S. The molecule has 1 aromatic heterocycles. The molecule has 1 aliphatic rings. The molecule has 2 rings (SSSR count). The zero-order valence-electron chi connectivity index (χ0n) is 13.8. The standard InChI is InChI=1S/C15H26N4O2S/c1-11(16-8-13-10-22-18-17-13)12-6-5-7-19(9-12)14(20)21-15(2,3)4/h10-12,16H,5-9H2,1-4H3. The van der Waals surface area contributed by atoms with E-state index in [0.717, 1.165) is 38.2 Å². The number of nitrogens with zero attached hydrogens (tertiary/aromatic N) is 3. The van der Waals surface area contributed by atoms with Crippen molar-refractivity contribution < 1.29 is 9.53 Å². The second kappa shape index (κ2) is 7.37. The molecule has 2 heterocycles. The number of hydrogen-bond acceptors (Lipinski definition) is 6. The molecule has 0 aliphatic carbocycles. The highest BCUT2D eigenvalue weighted by Crippen LogP contribution is 2.22. The van der Waals surface area contributed by atoms with Gasteiger partial charge in [0.2, 0.25) is 0 Å². The Labute approximate surface area is 136 Å². The Balaban J connectivity index is 1.82. The molecule has 0 aromatic carbocycles. The van der Waals surface area contributed by atoms with Gasteiger partial charge in [0.15, 0.2) is 0 Å². The van der Waals surface area contributed by atoms with Gasteiger partial charge < -0.3 is 15.0 Å². The van der Waals surface area contributed by atoms with Crippen LogP contribution in [0, 0.1) is 5.92 Å². The minimum Gasteiger partial charge on any atom is -0.444 e. The van der Waals surface area contributed by atoms with Crippen molar-refractivity contribution in [1.82, 2.24) is 19.8 Å². The summed E-state index contributed by atoms with van der Waals surface area (Å²) in [7, 11) is 0. The van der Waals surface area contributed by atoms with Gasteiger partial charge in [0.1, 0.15) is 5.60 Å². The normalized spacial score (nSPS) is 20.7. The molecule has 1 N–H and O–H groups in total. The molecule has 2 atom stereocenters. The summed E-state index contributed by atoms with van der Waals surface area (Å²) in [6.07, 6.45) is 1.95. The fourth-order valence-corrected chi connectivity index (χ4v) is 3.05. The van der Waals surface area contributed by atoms with Gasteiger partial charge in [-0.1, -0.05) is 4.49 Å². The smallest absolute Gasteiger partial charge is 0.410 e. The Bertz CT molecular complexity index is 472. The number of likely N-dealkylation sites (tertiary alicyclic amines) is 1. The molecule has 0 bridgehead atoms. The van der Waals surface area contributed by atoms with Crippen LogP contribution >= 0.6 is 11.5 Å². The average molecular weight is 326 g/mol. The van der Waals surface area contributed by atoms with Crippen molar-refractivity contribution in [2.75, 3.05) is 13.1 Å². The quantitative estimate of drug-likeness (QED) is 0.921. The van der Waals surface area contributed by atoms with Crippen molar-refractivity contribution in [3.63, 3.8) is 0 Å². The first-order valence-corrected chi connectivity index (χ1v) is 8.66. The first-order valence-electron chi connectivity index (χ1n) is 7.82. The third kappa shape index (κ3) is 5.21. The third-order valence-electron chi connectivity index (χ3n) is 3.83. The zero-order chi connectivity index (χ0) is 16.2. The molecule has 2 unspecified atom stereocenters. The van der Waals surface area contributed by atoms with E-state index < -0.39 is 5.60 Å². The van der Waals surface area contributed by atoms with Crippen molar-refractivity contribution >= 4 is 17.6 Å². The summed E-state index contributed by atoms with van der Waals surface area (Å²) in [6.45, 7) is 10.1. The molecule has 0 saturated carbocycles. The molecule has 124 valence electrons. The Hall–Kier alpha value is -1.21. The molecule has 6 nitrogen and oxygen atoms in total. The van der Waals surface area contributed by atoms with Crippen LogP contribution in [0.1, 0.15) is 46.2 Å². The predicted molar refractivity (Wildman–Crippen MR) is 86.7 cm³/mol. The molecule has 1 amide bonds. The zero-order valence-corrected chi connectivity index (χ0v) is 14.7. The maximum Gasteiger partial charge on any atom is 0.410 e. The number of carbonyl (C=O) groups is 1.